The molecule has 0 spiro atoms. The van der Waals surface area contributed by atoms with Crippen LogP contribution in [0.15, 0.2) is 31.0 Å². The molecule has 1 aliphatic heterocycles. The van der Waals surface area contributed by atoms with Gasteiger partial charge in [0.1, 0.15) is 12.1 Å². The lowest BCUT2D eigenvalue weighted by atomic mass is 9.88. The molecule has 3 aromatic heterocycles. The summed E-state index contributed by atoms with van der Waals surface area (Å²) in [5.74, 6) is -2.21. The number of fused-ring (bicyclic) bond motifs is 1. The highest BCUT2D eigenvalue weighted by Crippen LogP contribution is 2.33. The third-order valence-corrected chi connectivity index (χ3v) is 5.82. The molecule has 2 aliphatic rings. The van der Waals surface area contributed by atoms with Crippen molar-refractivity contribution in [2.45, 2.75) is 43.7 Å². The van der Waals surface area contributed by atoms with Crippen LogP contribution in [-0.4, -0.2) is 66.6 Å². The van der Waals surface area contributed by atoms with Crippen molar-refractivity contribution in [2.75, 3.05) is 13.1 Å². The zero-order chi connectivity index (χ0) is 20.0. The quantitative estimate of drug-likeness (QED) is 0.699. The number of aromatic amines is 1. The van der Waals surface area contributed by atoms with Gasteiger partial charge < -0.3 is 5.32 Å². The fourth-order valence-electron chi connectivity index (χ4n) is 4.27. The lowest BCUT2D eigenvalue weighted by Crippen LogP contribution is -2.60. The Kier molecular flexibility index (Phi) is 4.30. The van der Waals surface area contributed by atoms with Crippen molar-refractivity contribution < 1.29 is 13.6 Å². The van der Waals surface area contributed by atoms with E-state index in [-0.39, 0.29) is 36.8 Å². The number of alkyl halides is 2. The number of likely N-dealkylation sites (tertiary alicyclic amines) is 1. The van der Waals surface area contributed by atoms with Crippen molar-refractivity contribution in [3.8, 4) is 5.82 Å². The van der Waals surface area contributed by atoms with E-state index in [1.165, 1.54) is 0 Å². The van der Waals surface area contributed by atoms with Crippen LogP contribution in [0, 0.1) is 0 Å². The molecule has 0 aromatic carbocycles. The summed E-state index contributed by atoms with van der Waals surface area (Å²) < 4.78 is 27.9. The summed E-state index contributed by atoms with van der Waals surface area (Å²) in [5, 5.41) is 10.7. The number of aromatic nitrogens is 5. The number of pyridine rings is 1. The first-order valence-corrected chi connectivity index (χ1v) is 9.74. The van der Waals surface area contributed by atoms with Gasteiger partial charge in [0.25, 0.3) is 11.8 Å². The maximum Gasteiger partial charge on any atom is 0.272 e. The largest absolute Gasteiger partial charge is 0.348 e. The monoisotopic (exact) mass is 401 g/mol. The third kappa shape index (κ3) is 3.48. The molecule has 0 unspecified atom stereocenters. The SMILES string of the molecule is O=C(NC1CCC(N2CC(F)(F)C2)CC1)c1nc(-n2ccnc2)cc2cn[nH]c12. The van der Waals surface area contributed by atoms with Gasteiger partial charge in [0, 0.05) is 29.9 Å². The summed E-state index contributed by atoms with van der Waals surface area (Å²) in [4.78, 5) is 23.3. The summed E-state index contributed by atoms with van der Waals surface area (Å²) in [5.41, 5.74) is 0.871. The van der Waals surface area contributed by atoms with Crippen molar-refractivity contribution in [3.63, 3.8) is 0 Å². The predicted molar refractivity (Wildman–Crippen MR) is 101 cm³/mol. The van der Waals surface area contributed by atoms with Gasteiger partial charge in [-0.05, 0) is 31.7 Å². The number of nitrogens with one attached hydrogen (secondary N) is 2. The van der Waals surface area contributed by atoms with E-state index in [0.717, 1.165) is 31.1 Å². The van der Waals surface area contributed by atoms with E-state index >= 15 is 0 Å². The molecule has 8 nitrogen and oxygen atoms in total. The van der Waals surface area contributed by atoms with Crippen molar-refractivity contribution >= 4 is 16.8 Å². The second kappa shape index (κ2) is 6.87. The molecular formula is C19H21F2N7O. The smallest absolute Gasteiger partial charge is 0.272 e. The molecule has 5 rings (SSSR count). The molecule has 1 aliphatic carbocycles. The highest BCUT2D eigenvalue weighted by atomic mass is 19.3. The van der Waals surface area contributed by atoms with Gasteiger partial charge in [0.15, 0.2) is 5.69 Å². The number of imidazole rings is 1. The molecule has 0 bridgehead atoms. The Morgan fingerprint density at radius 2 is 2.03 bits per heavy atom. The van der Waals surface area contributed by atoms with Crippen LogP contribution in [0.25, 0.3) is 16.7 Å². The Bertz CT molecular complexity index is 1020. The number of carbonyl (C=O) groups excluding carboxylic acids is 1. The summed E-state index contributed by atoms with van der Waals surface area (Å²) in [6, 6.07) is 2.03. The van der Waals surface area contributed by atoms with Gasteiger partial charge in [-0.2, -0.15) is 5.10 Å². The van der Waals surface area contributed by atoms with E-state index < -0.39 is 5.92 Å². The van der Waals surface area contributed by atoms with Gasteiger partial charge >= 0.3 is 0 Å². The van der Waals surface area contributed by atoms with Crippen molar-refractivity contribution in [2.24, 2.45) is 0 Å². The number of halogens is 2. The lowest BCUT2D eigenvalue weighted by molar-refractivity contribution is -0.150. The van der Waals surface area contributed by atoms with E-state index in [9.17, 15) is 13.6 Å². The first-order chi connectivity index (χ1) is 14.0. The van der Waals surface area contributed by atoms with Crippen LogP contribution in [0.4, 0.5) is 8.78 Å². The Hall–Kier alpha value is -2.88. The number of amides is 1. The minimum atomic E-state index is -2.54. The van der Waals surface area contributed by atoms with Gasteiger partial charge in [0.2, 0.25) is 0 Å². The highest BCUT2D eigenvalue weighted by molar-refractivity contribution is 6.04. The molecule has 0 radical (unpaired) electrons. The molecule has 1 saturated carbocycles. The standard InChI is InChI=1S/C19H21F2N7O/c20-19(21)9-28(10-19)14-3-1-13(2-4-14)24-18(29)17-16-12(8-23-26-16)7-15(25-17)27-6-5-22-11-27/h5-8,11,13-14H,1-4,9-10H2,(H,23,26)(H,24,29). The molecule has 0 atom stereocenters. The molecule has 1 saturated heterocycles. The molecule has 1 amide bonds. The fraction of sp³-hybridized carbons (Fsp3) is 0.474. The fourth-order valence-corrected chi connectivity index (χ4v) is 4.27. The van der Waals surface area contributed by atoms with Crippen LogP contribution in [0.1, 0.15) is 36.2 Å². The van der Waals surface area contributed by atoms with E-state index in [1.807, 2.05) is 11.0 Å². The predicted octanol–water partition coefficient (Wildman–Crippen LogP) is 2.14. The molecule has 3 aromatic rings. The van der Waals surface area contributed by atoms with Gasteiger partial charge in [-0.15, -0.1) is 0 Å². The number of hydrogen-bond donors (Lipinski definition) is 2. The molecule has 2 fully saturated rings. The number of H-pyrrole nitrogens is 1. The number of hydrogen-bond acceptors (Lipinski definition) is 5. The molecule has 29 heavy (non-hydrogen) atoms. The van der Waals surface area contributed by atoms with Crippen LogP contribution in [-0.2, 0) is 0 Å². The van der Waals surface area contributed by atoms with Gasteiger partial charge in [-0.25, -0.2) is 18.7 Å². The number of carbonyl (C=O) groups is 1. The third-order valence-electron chi connectivity index (χ3n) is 5.82. The molecule has 152 valence electrons. The van der Waals surface area contributed by atoms with Gasteiger partial charge in [-0.1, -0.05) is 0 Å². The summed E-state index contributed by atoms with van der Waals surface area (Å²) in [7, 11) is 0. The average Bonchev–Trinajstić information content (AvgIpc) is 3.37. The Morgan fingerprint density at radius 3 is 2.72 bits per heavy atom. The first kappa shape index (κ1) is 18.2. The van der Waals surface area contributed by atoms with Crippen molar-refractivity contribution in [3.05, 3.63) is 36.7 Å². The van der Waals surface area contributed by atoms with Crippen LogP contribution < -0.4 is 5.32 Å². The minimum Gasteiger partial charge on any atom is -0.348 e. The molecule has 10 heteroatoms. The maximum absolute atomic E-state index is 13.1. The summed E-state index contributed by atoms with van der Waals surface area (Å²) in [6.07, 6.45) is 9.84. The van der Waals surface area contributed by atoms with Gasteiger partial charge in [0.05, 0.1) is 24.8 Å². The number of nitrogens with zero attached hydrogens (tertiary/aromatic N) is 5. The first-order valence-electron chi connectivity index (χ1n) is 9.74. The number of rotatable bonds is 4. The van der Waals surface area contributed by atoms with Crippen LogP contribution in [0.3, 0.4) is 0 Å². The highest BCUT2D eigenvalue weighted by Gasteiger charge is 2.47. The zero-order valence-electron chi connectivity index (χ0n) is 15.7. The summed E-state index contributed by atoms with van der Waals surface area (Å²) in [6.45, 7) is -0.283. The van der Waals surface area contributed by atoms with Crippen LogP contribution in [0.2, 0.25) is 0 Å². The molecule has 2 N–H and O–H groups in total. The van der Waals surface area contributed by atoms with E-state index in [4.69, 9.17) is 0 Å². The second-order valence-corrected chi connectivity index (χ2v) is 7.87. The minimum absolute atomic E-state index is 0.0113. The topological polar surface area (TPSA) is 91.7 Å². The second-order valence-electron chi connectivity index (χ2n) is 7.87. The zero-order valence-corrected chi connectivity index (χ0v) is 15.7. The maximum atomic E-state index is 13.1. The van der Waals surface area contributed by atoms with E-state index in [2.05, 4.69) is 25.5 Å². The lowest BCUT2D eigenvalue weighted by Gasteiger charge is -2.46. The van der Waals surface area contributed by atoms with E-state index in [1.54, 1.807) is 29.5 Å². The molecular weight excluding hydrogens is 380 g/mol. The van der Waals surface area contributed by atoms with Crippen molar-refractivity contribution in [1.82, 2.24) is 34.9 Å². The molecule has 4 heterocycles. The Balaban J connectivity index is 1.28. The van der Waals surface area contributed by atoms with Gasteiger partial charge in [-0.3, -0.25) is 19.4 Å². The van der Waals surface area contributed by atoms with Crippen molar-refractivity contribution in [1.29, 1.82) is 0 Å². The Morgan fingerprint density at radius 1 is 1.24 bits per heavy atom. The summed E-state index contributed by atoms with van der Waals surface area (Å²) >= 11 is 0. The Labute approximate surface area is 165 Å². The van der Waals surface area contributed by atoms with Crippen LogP contribution in [0.5, 0.6) is 0 Å². The van der Waals surface area contributed by atoms with Crippen LogP contribution >= 0.6 is 0 Å². The van der Waals surface area contributed by atoms with E-state index in [0.29, 0.717) is 11.3 Å². The normalized spacial score (nSPS) is 24.3. The average molecular weight is 401 g/mol.